The van der Waals surface area contributed by atoms with Gasteiger partial charge in [0.05, 0.1) is 10.7 Å². The Kier molecular flexibility index (Phi) is 4.21. The first-order valence-corrected chi connectivity index (χ1v) is 7.66. The third-order valence-electron chi connectivity index (χ3n) is 3.55. The third kappa shape index (κ3) is 4.07. The quantitative estimate of drug-likeness (QED) is 0.864. The first-order chi connectivity index (χ1) is 8.04. The normalized spacial score (nSPS) is 17.8. The summed E-state index contributed by atoms with van der Waals surface area (Å²) in [4.78, 5) is 4.79. The van der Waals surface area contributed by atoms with Crippen molar-refractivity contribution in [2.75, 3.05) is 0 Å². The highest BCUT2D eigenvalue weighted by Crippen LogP contribution is 2.34. The molecule has 3 heteroatoms. The highest BCUT2D eigenvalue weighted by atomic mass is 32.1. The zero-order chi connectivity index (χ0) is 12.3. The van der Waals surface area contributed by atoms with E-state index in [2.05, 4.69) is 19.2 Å². The Hall–Kier alpha value is -0.410. The van der Waals surface area contributed by atoms with Crippen molar-refractivity contribution in [3.8, 4) is 0 Å². The van der Waals surface area contributed by atoms with E-state index in [0.29, 0.717) is 0 Å². The van der Waals surface area contributed by atoms with Gasteiger partial charge in [0, 0.05) is 16.8 Å². The number of nitrogens with zero attached hydrogens (tertiary/aromatic N) is 1. The molecule has 1 aliphatic rings. The molecule has 2 N–H and O–H groups in total. The second-order valence-electron chi connectivity index (χ2n) is 5.99. The summed E-state index contributed by atoms with van der Waals surface area (Å²) in [6.45, 7) is 4.19. The minimum atomic E-state index is -0.0362. The van der Waals surface area contributed by atoms with Gasteiger partial charge in [-0.2, -0.15) is 0 Å². The van der Waals surface area contributed by atoms with Gasteiger partial charge < -0.3 is 5.73 Å². The molecule has 0 saturated heterocycles. The molecular formula is C14H24N2S. The molecule has 1 aromatic heterocycles. The Bertz CT molecular complexity index is 345. The zero-order valence-electron chi connectivity index (χ0n) is 11.0. The molecule has 1 saturated carbocycles. The van der Waals surface area contributed by atoms with E-state index in [0.717, 1.165) is 25.2 Å². The van der Waals surface area contributed by atoms with Crippen LogP contribution in [0.3, 0.4) is 0 Å². The molecule has 0 amide bonds. The molecule has 0 spiro atoms. The van der Waals surface area contributed by atoms with Crippen LogP contribution in [0.5, 0.6) is 0 Å². The summed E-state index contributed by atoms with van der Waals surface area (Å²) in [6, 6.07) is 0. The van der Waals surface area contributed by atoms with Gasteiger partial charge in [0.2, 0.25) is 0 Å². The molecule has 0 aromatic carbocycles. The molecule has 0 radical (unpaired) electrons. The minimum absolute atomic E-state index is 0.0362. The fraction of sp³-hybridized carbons (Fsp3) is 0.786. The number of thiazole rings is 1. The first-order valence-electron chi connectivity index (χ1n) is 6.78. The molecule has 1 heterocycles. The second-order valence-corrected chi connectivity index (χ2v) is 6.93. The van der Waals surface area contributed by atoms with Gasteiger partial charge in [0.15, 0.2) is 0 Å². The average Bonchev–Trinajstić information content (AvgIpc) is 2.83. The number of hydrogen-bond donors (Lipinski definition) is 1. The van der Waals surface area contributed by atoms with Crippen molar-refractivity contribution < 1.29 is 0 Å². The third-order valence-corrected chi connectivity index (χ3v) is 4.48. The lowest BCUT2D eigenvalue weighted by molar-refractivity contribution is 0.459. The van der Waals surface area contributed by atoms with E-state index in [1.807, 2.05) is 11.3 Å². The number of hydrogen-bond acceptors (Lipinski definition) is 3. The number of aromatic nitrogens is 1. The van der Waals surface area contributed by atoms with Gasteiger partial charge in [-0.05, 0) is 46.0 Å². The fourth-order valence-corrected chi connectivity index (χ4v) is 3.47. The Morgan fingerprint density at radius 1 is 1.41 bits per heavy atom. The molecule has 2 nitrogen and oxygen atoms in total. The van der Waals surface area contributed by atoms with Gasteiger partial charge in [-0.15, -0.1) is 11.3 Å². The first kappa shape index (κ1) is 13.0. The SMILES string of the molecule is CC(C)(N)CCCc1nc(C2CCCC2)cs1. The largest absolute Gasteiger partial charge is 0.326 e. The van der Waals surface area contributed by atoms with Crippen LogP contribution >= 0.6 is 11.3 Å². The van der Waals surface area contributed by atoms with Crippen molar-refractivity contribution >= 4 is 11.3 Å². The summed E-state index contributed by atoms with van der Waals surface area (Å²) in [5.41, 5.74) is 7.31. The second kappa shape index (κ2) is 5.49. The van der Waals surface area contributed by atoms with Crippen LogP contribution in [0.4, 0.5) is 0 Å². The van der Waals surface area contributed by atoms with E-state index in [1.54, 1.807) is 0 Å². The van der Waals surface area contributed by atoms with E-state index >= 15 is 0 Å². The van der Waals surface area contributed by atoms with E-state index < -0.39 is 0 Å². The molecular weight excluding hydrogens is 228 g/mol. The lowest BCUT2D eigenvalue weighted by Crippen LogP contribution is -2.31. The van der Waals surface area contributed by atoms with Crippen LogP contribution in [0.15, 0.2) is 5.38 Å². The van der Waals surface area contributed by atoms with Gasteiger partial charge in [-0.1, -0.05) is 12.8 Å². The molecule has 1 aromatic rings. The predicted octanol–water partition coefficient (Wildman–Crippen LogP) is 3.86. The van der Waals surface area contributed by atoms with Gasteiger partial charge in [-0.25, -0.2) is 4.98 Å². The average molecular weight is 252 g/mol. The number of aryl methyl sites for hydroxylation is 1. The molecule has 0 aliphatic heterocycles. The maximum Gasteiger partial charge on any atom is 0.0928 e. The summed E-state index contributed by atoms with van der Waals surface area (Å²) < 4.78 is 0. The van der Waals surface area contributed by atoms with E-state index in [1.165, 1.54) is 36.4 Å². The lowest BCUT2D eigenvalue weighted by Gasteiger charge is -2.17. The Morgan fingerprint density at radius 3 is 2.76 bits per heavy atom. The van der Waals surface area contributed by atoms with Crippen LogP contribution < -0.4 is 5.73 Å². The standard InChI is InChI=1S/C14H24N2S/c1-14(2,15)9-5-8-13-16-12(10-17-13)11-6-3-4-7-11/h10-11H,3-9,15H2,1-2H3. The summed E-state index contributed by atoms with van der Waals surface area (Å²) in [6.07, 6.45) is 8.79. The molecule has 0 unspecified atom stereocenters. The Balaban J connectivity index is 1.81. The Labute approximate surface area is 109 Å². The van der Waals surface area contributed by atoms with Crippen molar-refractivity contribution in [2.45, 2.75) is 70.3 Å². The topological polar surface area (TPSA) is 38.9 Å². The van der Waals surface area contributed by atoms with E-state index in [-0.39, 0.29) is 5.54 Å². The number of nitrogens with two attached hydrogens (primary N) is 1. The van der Waals surface area contributed by atoms with Crippen LogP contribution in [-0.4, -0.2) is 10.5 Å². The summed E-state index contributed by atoms with van der Waals surface area (Å²) in [5.74, 6) is 0.756. The van der Waals surface area contributed by atoms with E-state index in [9.17, 15) is 0 Å². The highest BCUT2D eigenvalue weighted by molar-refractivity contribution is 7.09. The van der Waals surface area contributed by atoms with E-state index in [4.69, 9.17) is 10.7 Å². The van der Waals surface area contributed by atoms with Crippen molar-refractivity contribution in [3.05, 3.63) is 16.1 Å². The number of rotatable bonds is 5. The monoisotopic (exact) mass is 252 g/mol. The van der Waals surface area contributed by atoms with Crippen LogP contribution in [-0.2, 0) is 6.42 Å². The van der Waals surface area contributed by atoms with Crippen molar-refractivity contribution in [3.63, 3.8) is 0 Å². The molecule has 0 bridgehead atoms. The smallest absolute Gasteiger partial charge is 0.0928 e. The van der Waals surface area contributed by atoms with Gasteiger partial charge >= 0.3 is 0 Å². The highest BCUT2D eigenvalue weighted by Gasteiger charge is 2.19. The lowest BCUT2D eigenvalue weighted by atomic mass is 9.99. The maximum absolute atomic E-state index is 5.99. The minimum Gasteiger partial charge on any atom is -0.326 e. The van der Waals surface area contributed by atoms with Gasteiger partial charge in [0.1, 0.15) is 0 Å². The predicted molar refractivity (Wildman–Crippen MR) is 74.5 cm³/mol. The molecule has 96 valence electrons. The van der Waals surface area contributed by atoms with Crippen LogP contribution in [0.1, 0.15) is 69.0 Å². The van der Waals surface area contributed by atoms with Crippen molar-refractivity contribution in [2.24, 2.45) is 5.73 Å². The maximum atomic E-state index is 5.99. The molecule has 1 aliphatic carbocycles. The van der Waals surface area contributed by atoms with Crippen LogP contribution in [0.2, 0.25) is 0 Å². The summed E-state index contributed by atoms with van der Waals surface area (Å²) in [7, 11) is 0. The van der Waals surface area contributed by atoms with Gasteiger partial charge in [-0.3, -0.25) is 0 Å². The molecule has 1 fully saturated rings. The van der Waals surface area contributed by atoms with Crippen molar-refractivity contribution in [1.82, 2.24) is 4.98 Å². The summed E-state index contributed by atoms with van der Waals surface area (Å²) in [5, 5.41) is 3.58. The molecule has 2 rings (SSSR count). The fourth-order valence-electron chi connectivity index (χ4n) is 2.54. The van der Waals surface area contributed by atoms with Crippen molar-refractivity contribution in [1.29, 1.82) is 0 Å². The zero-order valence-corrected chi connectivity index (χ0v) is 11.9. The van der Waals surface area contributed by atoms with Gasteiger partial charge in [0.25, 0.3) is 0 Å². The van der Waals surface area contributed by atoms with Crippen LogP contribution in [0, 0.1) is 0 Å². The Morgan fingerprint density at radius 2 is 2.12 bits per heavy atom. The molecule has 0 atom stereocenters. The summed E-state index contributed by atoms with van der Waals surface area (Å²) >= 11 is 1.84. The van der Waals surface area contributed by atoms with Crippen LogP contribution in [0.25, 0.3) is 0 Å². The molecule has 17 heavy (non-hydrogen) atoms.